The van der Waals surface area contributed by atoms with Crippen molar-refractivity contribution in [2.24, 2.45) is 17.8 Å². The molecular formula is C14H26N2. The lowest BCUT2D eigenvalue weighted by atomic mass is 9.90. The molecule has 0 amide bonds. The van der Waals surface area contributed by atoms with Gasteiger partial charge in [-0.25, -0.2) is 0 Å². The average Bonchev–Trinajstić information content (AvgIpc) is 3.09. The largest absolute Gasteiger partial charge is 0.312 e. The van der Waals surface area contributed by atoms with E-state index in [2.05, 4.69) is 17.3 Å². The fourth-order valence-corrected chi connectivity index (χ4v) is 3.24. The summed E-state index contributed by atoms with van der Waals surface area (Å²) in [4.78, 5) is 2.54. The van der Waals surface area contributed by atoms with E-state index in [-0.39, 0.29) is 0 Å². The highest BCUT2D eigenvalue weighted by molar-refractivity contribution is 4.87. The molecule has 3 rings (SSSR count). The van der Waals surface area contributed by atoms with E-state index < -0.39 is 0 Å². The molecule has 2 aliphatic carbocycles. The zero-order chi connectivity index (χ0) is 11.0. The Morgan fingerprint density at radius 1 is 1.00 bits per heavy atom. The summed E-state index contributed by atoms with van der Waals surface area (Å²) in [6, 6.07) is 0.781. The number of hydrogen-bond donors (Lipinski definition) is 1. The number of hydrogen-bond acceptors (Lipinski definition) is 2. The maximum Gasteiger partial charge on any atom is 0.0198 e. The number of likely N-dealkylation sites (tertiary alicyclic amines) is 1. The summed E-state index contributed by atoms with van der Waals surface area (Å²) < 4.78 is 0. The molecule has 2 atom stereocenters. The van der Waals surface area contributed by atoms with Crippen molar-refractivity contribution < 1.29 is 0 Å². The lowest BCUT2D eigenvalue weighted by Gasteiger charge is -2.36. The van der Waals surface area contributed by atoms with Gasteiger partial charge in [-0.1, -0.05) is 12.8 Å². The number of piperidine rings is 1. The maximum atomic E-state index is 3.80. The van der Waals surface area contributed by atoms with Gasteiger partial charge >= 0.3 is 0 Å². The highest BCUT2D eigenvalue weighted by atomic mass is 15.1. The molecule has 2 heteroatoms. The maximum absolute atomic E-state index is 3.80. The first-order chi connectivity index (χ1) is 7.79. The van der Waals surface area contributed by atoms with Crippen molar-refractivity contribution in [2.75, 3.05) is 26.7 Å². The minimum atomic E-state index is 0.781. The van der Waals surface area contributed by atoms with Crippen LogP contribution in [0.3, 0.4) is 0 Å². The first kappa shape index (κ1) is 11.0. The number of rotatable bonds is 5. The fourth-order valence-electron chi connectivity index (χ4n) is 3.24. The Balaban J connectivity index is 1.44. The van der Waals surface area contributed by atoms with Crippen LogP contribution in [-0.2, 0) is 0 Å². The van der Waals surface area contributed by atoms with Gasteiger partial charge in [0.25, 0.3) is 0 Å². The molecule has 3 fully saturated rings. The molecule has 0 aromatic rings. The molecule has 2 saturated carbocycles. The van der Waals surface area contributed by atoms with Crippen molar-refractivity contribution in [3.8, 4) is 0 Å². The van der Waals surface area contributed by atoms with Crippen LogP contribution in [0.1, 0.15) is 38.5 Å². The zero-order valence-electron chi connectivity index (χ0n) is 10.6. The summed E-state index contributed by atoms with van der Waals surface area (Å²) in [6.07, 6.45) is 8.92. The Hall–Kier alpha value is -0.0800. The van der Waals surface area contributed by atoms with Crippen LogP contribution in [0.15, 0.2) is 0 Å². The van der Waals surface area contributed by atoms with Crippen LogP contribution in [-0.4, -0.2) is 37.6 Å². The molecule has 16 heavy (non-hydrogen) atoms. The molecule has 0 bridgehead atoms. The molecule has 0 aromatic heterocycles. The highest BCUT2D eigenvalue weighted by Crippen LogP contribution is 2.37. The number of nitrogens with one attached hydrogen (secondary N) is 1. The van der Waals surface area contributed by atoms with Gasteiger partial charge in [-0.2, -0.15) is 0 Å². The highest BCUT2D eigenvalue weighted by Gasteiger charge is 2.31. The molecule has 92 valence electrons. The number of nitrogens with zero attached hydrogens (tertiary/aromatic N) is 1. The minimum absolute atomic E-state index is 0.781. The molecule has 1 N–H and O–H groups in total. The Labute approximate surface area is 99.8 Å². The van der Waals surface area contributed by atoms with Gasteiger partial charge in [0, 0.05) is 19.1 Å². The Morgan fingerprint density at radius 3 is 2.44 bits per heavy atom. The summed E-state index contributed by atoms with van der Waals surface area (Å²) in [7, 11) is 2.30. The fraction of sp³-hybridized carbons (Fsp3) is 1.00. The van der Waals surface area contributed by atoms with Gasteiger partial charge in [0.05, 0.1) is 0 Å². The second-order valence-corrected chi connectivity index (χ2v) is 6.55. The van der Waals surface area contributed by atoms with Crippen LogP contribution in [0, 0.1) is 17.8 Å². The van der Waals surface area contributed by atoms with E-state index in [1.807, 2.05) is 0 Å². The van der Waals surface area contributed by atoms with Crippen molar-refractivity contribution in [3.63, 3.8) is 0 Å². The summed E-state index contributed by atoms with van der Waals surface area (Å²) in [5.41, 5.74) is 0. The summed E-state index contributed by atoms with van der Waals surface area (Å²) in [5.74, 6) is 3.10. The Morgan fingerprint density at radius 2 is 1.75 bits per heavy atom. The standard InChI is InChI=1S/C14H26N2/c1-16-9-13(6-11-2-3-11)7-14(10-16)15-8-12-4-5-12/h11-15H,2-10H2,1H3. The van der Waals surface area contributed by atoms with Gasteiger partial charge in [-0.3, -0.25) is 0 Å². The molecule has 2 unspecified atom stereocenters. The van der Waals surface area contributed by atoms with E-state index in [1.165, 1.54) is 58.2 Å². The SMILES string of the molecule is CN1CC(CC2CC2)CC(NCC2CC2)C1. The van der Waals surface area contributed by atoms with E-state index in [4.69, 9.17) is 0 Å². The number of likely N-dealkylation sites (N-methyl/N-ethyl adjacent to an activating group) is 1. The van der Waals surface area contributed by atoms with Crippen LogP contribution >= 0.6 is 0 Å². The summed E-state index contributed by atoms with van der Waals surface area (Å²) in [5, 5.41) is 3.80. The Bertz CT molecular complexity index is 231. The molecule has 1 heterocycles. The van der Waals surface area contributed by atoms with Crippen LogP contribution < -0.4 is 5.32 Å². The molecule has 3 aliphatic rings. The molecule has 1 aliphatic heterocycles. The van der Waals surface area contributed by atoms with Gasteiger partial charge in [0.2, 0.25) is 0 Å². The van der Waals surface area contributed by atoms with Gasteiger partial charge in [-0.15, -0.1) is 0 Å². The van der Waals surface area contributed by atoms with Gasteiger partial charge < -0.3 is 10.2 Å². The zero-order valence-corrected chi connectivity index (χ0v) is 10.6. The van der Waals surface area contributed by atoms with E-state index in [9.17, 15) is 0 Å². The predicted molar refractivity (Wildman–Crippen MR) is 67.5 cm³/mol. The van der Waals surface area contributed by atoms with Gasteiger partial charge in [-0.05, 0) is 57.0 Å². The van der Waals surface area contributed by atoms with Crippen LogP contribution in [0.4, 0.5) is 0 Å². The molecule has 2 nitrogen and oxygen atoms in total. The topological polar surface area (TPSA) is 15.3 Å². The van der Waals surface area contributed by atoms with Crippen molar-refractivity contribution >= 4 is 0 Å². The monoisotopic (exact) mass is 222 g/mol. The first-order valence-corrected chi connectivity index (χ1v) is 7.21. The molecule has 0 spiro atoms. The van der Waals surface area contributed by atoms with E-state index in [0.29, 0.717) is 0 Å². The lowest BCUT2D eigenvalue weighted by molar-refractivity contribution is 0.158. The predicted octanol–water partition coefficient (Wildman–Crippen LogP) is 2.11. The smallest absolute Gasteiger partial charge is 0.0198 e. The third-order valence-corrected chi connectivity index (χ3v) is 4.48. The van der Waals surface area contributed by atoms with Crippen LogP contribution in [0.5, 0.6) is 0 Å². The second-order valence-electron chi connectivity index (χ2n) is 6.55. The van der Waals surface area contributed by atoms with Crippen molar-refractivity contribution in [3.05, 3.63) is 0 Å². The third kappa shape index (κ3) is 3.21. The molecule has 1 saturated heterocycles. The quantitative estimate of drug-likeness (QED) is 0.766. The Kier molecular flexibility index (Phi) is 3.21. The summed E-state index contributed by atoms with van der Waals surface area (Å²) >= 11 is 0. The van der Waals surface area contributed by atoms with Crippen molar-refractivity contribution in [2.45, 2.75) is 44.6 Å². The van der Waals surface area contributed by atoms with Crippen LogP contribution in [0.2, 0.25) is 0 Å². The molecule has 0 radical (unpaired) electrons. The van der Waals surface area contributed by atoms with E-state index in [0.717, 1.165) is 23.8 Å². The van der Waals surface area contributed by atoms with Crippen LogP contribution in [0.25, 0.3) is 0 Å². The average molecular weight is 222 g/mol. The summed E-state index contributed by atoms with van der Waals surface area (Å²) in [6.45, 7) is 3.90. The van der Waals surface area contributed by atoms with Crippen molar-refractivity contribution in [1.82, 2.24) is 10.2 Å². The minimum Gasteiger partial charge on any atom is -0.312 e. The molecular weight excluding hydrogens is 196 g/mol. The lowest BCUT2D eigenvalue weighted by Crippen LogP contribution is -2.48. The first-order valence-electron chi connectivity index (χ1n) is 7.21. The second kappa shape index (κ2) is 4.66. The van der Waals surface area contributed by atoms with Crippen molar-refractivity contribution in [1.29, 1.82) is 0 Å². The normalized spacial score (nSPS) is 36.6. The van der Waals surface area contributed by atoms with Gasteiger partial charge in [0.15, 0.2) is 0 Å². The third-order valence-electron chi connectivity index (χ3n) is 4.48. The van der Waals surface area contributed by atoms with E-state index >= 15 is 0 Å². The van der Waals surface area contributed by atoms with E-state index in [1.54, 1.807) is 0 Å². The van der Waals surface area contributed by atoms with Gasteiger partial charge in [0.1, 0.15) is 0 Å². The molecule has 0 aromatic carbocycles.